The fourth-order valence-corrected chi connectivity index (χ4v) is 2.35. The molecule has 0 saturated heterocycles. The number of hydrogen-bond donors (Lipinski definition) is 2. The molecule has 0 aromatic heterocycles. The van der Waals surface area contributed by atoms with Crippen LogP contribution in [0.2, 0.25) is 0 Å². The van der Waals surface area contributed by atoms with E-state index in [1.807, 2.05) is 18.2 Å². The predicted octanol–water partition coefficient (Wildman–Crippen LogP) is 1.85. The first-order chi connectivity index (χ1) is 9.81. The summed E-state index contributed by atoms with van der Waals surface area (Å²) in [5, 5.41) is 5.85. The Morgan fingerprint density at radius 2 is 2.00 bits per heavy atom. The number of urea groups is 1. The summed E-state index contributed by atoms with van der Waals surface area (Å²) in [6.07, 6.45) is 4.22. The minimum atomic E-state index is -0.0627. The highest BCUT2D eigenvalue weighted by Gasteiger charge is 2.18. The lowest BCUT2D eigenvalue weighted by molar-refractivity contribution is 0.171. The first-order valence-corrected chi connectivity index (χ1v) is 7.24. The monoisotopic (exact) mass is 276 g/mol. The van der Waals surface area contributed by atoms with Crippen molar-refractivity contribution in [1.29, 1.82) is 0 Å². The third-order valence-electron chi connectivity index (χ3n) is 3.75. The molecule has 0 bridgehead atoms. The topological polar surface area (TPSA) is 59.6 Å². The summed E-state index contributed by atoms with van der Waals surface area (Å²) in [5.41, 5.74) is 1.14. The summed E-state index contributed by atoms with van der Waals surface area (Å²) >= 11 is 0. The van der Waals surface area contributed by atoms with Crippen LogP contribution in [0.15, 0.2) is 18.2 Å². The van der Waals surface area contributed by atoms with Gasteiger partial charge in [-0.2, -0.15) is 0 Å². The SMILES string of the molecule is O=C(NCCc1ccc2c(c1)OCCO2)NC1CCC1. The zero-order valence-electron chi connectivity index (χ0n) is 11.5. The van der Waals surface area contributed by atoms with Crippen molar-refractivity contribution in [1.82, 2.24) is 10.6 Å². The van der Waals surface area contributed by atoms with Crippen LogP contribution in [-0.4, -0.2) is 31.8 Å². The summed E-state index contributed by atoms with van der Waals surface area (Å²) in [7, 11) is 0. The second-order valence-electron chi connectivity index (χ2n) is 5.26. The molecule has 0 unspecified atom stereocenters. The van der Waals surface area contributed by atoms with E-state index in [1.165, 1.54) is 6.42 Å². The highest BCUT2D eigenvalue weighted by molar-refractivity contribution is 5.74. The average molecular weight is 276 g/mol. The molecule has 1 aromatic carbocycles. The van der Waals surface area contributed by atoms with Gasteiger partial charge in [0.15, 0.2) is 11.5 Å². The fraction of sp³-hybridized carbons (Fsp3) is 0.533. The maximum absolute atomic E-state index is 11.6. The Balaban J connectivity index is 1.44. The summed E-state index contributed by atoms with van der Waals surface area (Å²) in [5.74, 6) is 1.60. The van der Waals surface area contributed by atoms with Crippen LogP contribution in [0, 0.1) is 0 Å². The molecule has 108 valence electrons. The van der Waals surface area contributed by atoms with Crippen LogP contribution in [-0.2, 0) is 6.42 Å². The van der Waals surface area contributed by atoms with Crippen molar-refractivity contribution < 1.29 is 14.3 Å². The average Bonchev–Trinajstić information content (AvgIpc) is 2.43. The van der Waals surface area contributed by atoms with Crippen molar-refractivity contribution in [3.8, 4) is 11.5 Å². The Bertz CT molecular complexity index is 486. The van der Waals surface area contributed by atoms with Gasteiger partial charge in [-0.25, -0.2) is 4.79 Å². The van der Waals surface area contributed by atoms with E-state index >= 15 is 0 Å². The van der Waals surface area contributed by atoms with Crippen LogP contribution in [0.4, 0.5) is 4.79 Å². The van der Waals surface area contributed by atoms with Crippen LogP contribution in [0.1, 0.15) is 24.8 Å². The molecule has 0 radical (unpaired) electrons. The molecule has 3 rings (SSSR count). The highest BCUT2D eigenvalue weighted by Crippen LogP contribution is 2.30. The number of rotatable bonds is 4. The molecule has 1 heterocycles. The second kappa shape index (κ2) is 6.03. The van der Waals surface area contributed by atoms with Crippen LogP contribution >= 0.6 is 0 Å². The molecule has 0 spiro atoms. The van der Waals surface area contributed by atoms with Crippen LogP contribution in [0.3, 0.4) is 0 Å². The third kappa shape index (κ3) is 3.15. The van der Waals surface area contributed by atoms with Gasteiger partial charge in [0, 0.05) is 12.6 Å². The lowest BCUT2D eigenvalue weighted by Crippen LogP contribution is -2.45. The van der Waals surface area contributed by atoms with Crippen molar-refractivity contribution in [2.24, 2.45) is 0 Å². The number of hydrogen-bond acceptors (Lipinski definition) is 3. The van der Waals surface area contributed by atoms with Gasteiger partial charge in [0.25, 0.3) is 0 Å². The predicted molar refractivity (Wildman–Crippen MR) is 75.3 cm³/mol. The molecule has 2 amide bonds. The van der Waals surface area contributed by atoms with Crippen molar-refractivity contribution in [3.05, 3.63) is 23.8 Å². The molecule has 0 atom stereocenters. The Kier molecular flexibility index (Phi) is 3.95. The molecule has 1 fully saturated rings. The van der Waals surface area contributed by atoms with E-state index in [0.29, 0.717) is 25.8 Å². The van der Waals surface area contributed by atoms with Gasteiger partial charge in [-0.1, -0.05) is 6.07 Å². The van der Waals surface area contributed by atoms with Gasteiger partial charge in [-0.05, 0) is 43.4 Å². The summed E-state index contributed by atoms with van der Waals surface area (Å²) in [4.78, 5) is 11.6. The fourth-order valence-electron chi connectivity index (χ4n) is 2.35. The normalized spacial score (nSPS) is 17.2. The molecular formula is C15H20N2O3. The zero-order valence-corrected chi connectivity index (χ0v) is 11.5. The summed E-state index contributed by atoms with van der Waals surface area (Å²) in [6.45, 7) is 1.83. The minimum Gasteiger partial charge on any atom is -0.486 e. The van der Waals surface area contributed by atoms with E-state index < -0.39 is 0 Å². The number of amides is 2. The van der Waals surface area contributed by atoms with E-state index in [2.05, 4.69) is 10.6 Å². The zero-order chi connectivity index (χ0) is 13.8. The van der Waals surface area contributed by atoms with E-state index in [0.717, 1.165) is 36.3 Å². The Labute approximate surface area is 118 Å². The van der Waals surface area contributed by atoms with Gasteiger partial charge in [-0.3, -0.25) is 0 Å². The maximum Gasteiger partial charge on any atom is 0.315 e. The molecule has 20 heavy (non-hydrogen) atoms. The molecular weight excluding hydrogens is 256 g/mol. The smallest absolute Gasteiger partial charge is 0.315 e. The van der Waals surface area contributed by atoms with Gasteiger partial charge in [-0.15, -0.1) is 0 Å². The quantitative estimate of drug-likeness (QED) is 0.882. The largest absolute Gasteiger partial charge is 0.486 e. The van der Waals surface area contributed by atoms with Gasteiger partial charge < -0.3 is 20.1 Å². The van der Waals surface area contributed by atoms with Crippen LogP contribution < -0.4 is 20.1 Å². The van der Waals surface area contributed by atoms with E-state index in [9.17, 15) is 4.79 Å². The molecule has 2 N–H and O–H groups in total. The summed E-state index contributed by atoms with van der Waals surface area (Å²) < 4.78 is 11.0. The van der Waals surface area contributed by atoms with Crippen molar-refractivity contribution in [3.63, 3.8) is 0 Å². The van der Waals surface area contributed by atoms with E-state index in [1.54, 1.807) is 0 Å². The standard InChI is InChI=1S/C15H20N2O3/c18-15(17-12-2-1-3-12)16-7-6-11-4-5-13-14(10-11)20-9-8-19-13/h4-5,10,12H,1-3,6-9H2,(H2,16,17,18). The molecule has 1 saturated carbocycles. The minimum absolute atomic E-state index is 0.0627. The van der Waals surface area contributed by atoms with Crippen molar-refractivity contribution in [2.45, 2.75) is 31.7 Å². The first-order valence-electron chi connectivity index (χ1n) is 7.24. The lowest BCUT2D eigenvalue weighted by Gasteiger charge is -2.26. The molecule has 5 heteroatoms. The Morgan fingerprint density at radius 1 is 1.20 bits per heavy atom. The Hall–Kier alpha value is -1.91. The van der Waals surface area contributed by atoms with Gasteiger partial charge in [0.1, 0.15) is 13.2 Å². The molecule has 1 aliphatic carbocycles. The van der Waals surface area contributed by atoms with Crippen molar-refractivity contribution in [2.75, 3.05) is 19.8 Å². The number of carbonyl (C=O) groups is 1. The molecule has 5 nitrogen and oxygen atoms in total. The van der Waals surface area contributed by atoms with E-state index in [4.69, 9.17) is 9.47 Å². The Morgan fingerprint density at radius 3 is 2.75 bits per heavy atom. The highest BCUT2D eigenvalue weighted by atomic mass is 16.6. The molecule has 1 aliphatic heterocycles. The number of fused-ring (bicyclic) bond motifs is 1. The van der Waals surface area contributed by atoms with Crippen LogP contribution in [0.25, 0.3) is 0 Å². The number of ether oxygens (including phenoxy) is 2. The second-order valence-corrected chi connectivity index (χ2v) is 5.26. The summed E-state index contributed by atoms with van der Waals surface area (Å²) in [6, 6.07) is 6.24. The van der Waals surface area contributed by atoms with Crippen molar-refractivity contribution >= 4 is 6.03 Å². The van der Waals surface area contributed by atoms with Crippen LogP contribution in [0.5, 0.6) is 11.5 Å². The lowest BCUT2D eigenvalue weighted by atomic mass is 9.93. The number of nitrogens with one attached hydrogen (secondary N) is 2. The van der Waals surface area contributed by atoms with Gasteiger partial charge >= 0.3 is 6.03 Å². The molecule has 2 aliphatic rings. The number of benzene rings is 1. The maximum atomic E-state index is 11.6. The third-order valence-corrected chi connectivity index (χ3v) is 3.75. The van der Waals surface area contributed by atoms with E-state index in [-0.39, 0.29) is 6.03 Å². The molecule has 1 aromatic rings. The van der Waals surface area contributed by atoms with Gasteiger partial charge in [0.2, 0.25) is 0 Å². The van der Waals surface area contributed by atoms with Gasteiger partial charge in [0.05, 0.1) is 0 Å². The number of carbonyl (C=O) groups excluding carboxylic acids is 1. The first kappa shape index (κ1) is 13.1.